The zero-order valence-electron chi connectivity index (χ0n) is 16.6. The number of aromatic amines is 6. The van der Waals surface area contributed by atoms with Gasteiger partial charge in [0.15, 0.2) is 22.2 Å². The molecular formula is C15H16N10OS7. The summed E-state index contributed by atoms with van der Waals surface area (Å²) >= 11 is 29.9. The van der Waals surface area contributed by atoms with E-state index in [-0.39, 0.29) is 5.91 Å². The maximum atomic E-state index is 11.3. The molecule has 4 rings (SSSR count). The van der Waals surface area contributed by atoms with Crippen molar-refractivity contribution in [2.75, 3.05) is 7.05 Å². The Morgan fingerprint density at radius 1 is 1.00 bits per heavy atom. The van der Waals surface area contributed by atoms with E-state index in [1.807, 2.05) is 24.3 Å². The van der Waals surface area contributed by atoms with Gasteiger partial charge in [-0.2, -0.15) is 5.21 Å². The third-order valence-electron chi connectivity index (χ3n) is 3.42. The Morgan fingerprint density at radius 2 is 1.58 bits per heavy atom. The van der Waals surface area contributed by atoms with Gasteiger partial charge in [0.25, 0.3) is 0 Å². The summed E-state index contributed by atoms with van der Waals surface area (Å²) in [6.07, 6.45) is 0.333. The standard InChI is InChI=1S/C10H11N5OS.C3H3N3S3.C2H2N2S3/c1-11-9(16)6-7-3-2-4-8(5-7)15-10(17)12-13-14-15;7-1-4-2(8)6-3(9)5-1;5-1-3-4-2(6)7-1/h2-5H,6H2,1H3,(H,11,16)(H,12,14,17);(H3,4,5,6,7,8,9);(H,3,5)(H,4,6). The van der Waals surface area contributed by atoms with E-state index in [1.165, 1.54) is 11.3 Å². The summed E-state index contributed by atoms with van der Waals surface area (Å²) < 4.78 is 4.66. The summed E-state index contributed by atoms with van der Waals surface area (Å²) in [5.41, 5.74) is 1.71. The van der Waals surface area contributed by atoms with Gasteiger partial charge in [-0.15, -0.1) is 0 Å². The fraction of sp³-hybridized carbons (Fsp3) is 0.133. The number of nitrogens with one attached hydrogen (secondary N) is 7. The minimum Gasteiger partial charge on any atom is -0.359 e. The number of hydrogen-bond donors (Lipinski definition) is 7. The number of tetrazole rings is 1. The van der Waals surface area contributed by atoms with Crippen molar-refractivity contribution in [3.05, 3.63) is 56.8 Å². The average Bonchev–Trinajstić information content (AvgIpc) is 3.35. The Balaban J connectivity index is 0.000000201. The first-order valence-electron chi connectivity index (χ1n) is 8.68. The molecule has 0 unspecified atom stereocenters. The predicted molar refractivity (Wildman–Crippen MR) is 141 cm³/mol. The third kappa shape index (κ3) is 9.58. The smallest absolute Gasteiger partial charge is 0.242 e. The van der Waals surface area contributed by atoms with E-state index in [4.69, 9.17) is 73.3 Å². The van der Waals surface area contributed by atoms with Crippen LogP contribution in [0.1, 0.15) is 5.56 Å². The van der Waals surface area contributed by atoms with Crippen molar-refractivity contribution in [2.24, 2.45) is 0 Å². The summed E-state index contributed by atoms with van der Waals surface area (Å²) in [7, 11) is 1.61. The van der Waals surface area contributed by atoms with Crippen LogP contribution in [0.15, 0.2) is 24.3 Å². The number of carbonyl (C=O) groups is 1. The number of rotatable bonds is 3. The Bertz CT molecular complexity index is 1440. The van der Waals surface area contributed by atoms with Crippen LogP contribution in [0.3, 0.4) is 0 Å². The van der Waals surface area contributed by atoms with Crippen molar-refractivity contribution in [1.29, 1.82) is 0 Å². The molecule has 0 saturated carbocycles. The summed E-state index contributed by atoms with van der Waals surface area (Å²) in [5.74, 6) is -0.0338. The molecule has 4 aromatic rings. The van der Waals surface area contributed by atoms with Gasteiger partial charge >= 0.3 is 0 Å². The van der Waals surface area contributed by atoms with E-state index < -0.39 is 0 Å². The molecule has 0 aliphatic heterocycles. The lowest BCUT2D eigenvalue weighted by Crippen LogP contribution is -2.19. The van der Waals surface area contributed by atoms with E-state index >= 15 is 0 Å². The monoisotopic (exact) mass is 576 g/mol. The van der Waals surface area contributed by atoms with Crippen molar-refractivity contribution >= 4 is 90.6 Å². The van der Waals surface area contributed by atoms with Gasteiger partial charge in [0.05, 0.1) is 12.1 Å². The molecule has 18 heteroatoms. The Morgan fingerprint density at radius 3 is 2.00 bits per heavy atom. The zero-order valence-corrected chi connectivity index (χ0v) is 22.3. The van der Waals surface area contributed by atoms with Crippen LogP contribution in [0.5, 0.6) is 0 Å². The topological polar surface area (TPSA) is 155 Å². The number of benzene rings is 1. The molecule has 3 heterocycles. The van der Waals surface area contributed by atoms with E-state index in [9.17, 15) is 4.79 Å². The van der Waals surface area contributed by atoms with Gasteiger partial charge in [-0.25, -0.2) is 4.68 Å². The summed E-state index contributed by atoms with van der Waals surface area (Å²) in [4.78, 5) is 19.3. The first-order valence-corrected chi connectivity index (χ1v) is 11.9. The number of carbonyl (C=O) groups excluding carboxylic acids is 1. The lowest BCUT2D eigenvalue weighted by atomic mass is 10.1. The molecule has 0 aliphatic carbocycles. The summed E-state index contributed by atoms with van der Waals surface area (Å²) in [6, 6.07) is 7.47. The number of nitrogens with zero attached hydrogens (tertiary/aromatic N) is 3. The summed E-state index contributed by atoms with van der Waals surface area (Å²) in [5, 5.41) is 17.9. The lowest BCUT2D eigenvalue weighted by molar-refractivity contribution is -0.119. The first-order chi connectivity index (χ1) is 15.7. The highest BCUT2D eigenvalue weighted by molar-refractivity contribution is 7.75. The van der Waals surface area contributed by atoms with Gasteiger partial charge in [0.1, 0.15) is 0 Å². The number of amides is 1. The highest BCUT2D eigenvalue weighted by Gasteiger charge is 2.04. The molecule has 174 valence electrons. The van der Waals surface area contributed by atoms with Gasteiger partial charge < -0.3 is 20.3 Å². The van der Waals surface area contributed by atoms with Gasteiger partial charge in [-0.1, -0.05) is 33.8 Å². The molecule has 0 fully saturated rings. The van der Waals surface area contributed by atoms with Crippen LogP contribution in [0.2, 0.25) is 0 Å². The molecule has 0 spiro atoms. The van der Waals surface area contributed by atoms with Crippen LogP contribution in [0.4, 0.5) is 0 Å². The normalized spacial score (nSPS) is 9.73. The quantitative estimate of drug-likeness (QED) is 0.176. The molecule has 33 heavy (non-hydrogen) atoms. The van der Waals surface area contributed by atoms with Gasteiger partial charge in [0, 0.05) is 7.05 Å². The second-order valence-corrected chi connectivity index (χ2v) is 9.67. The van der Waals surface area contributed by atoms with Crippen LogP contribution in [-0.4, -0.2) is 58.3 Å². The zero-order chi connectivity index (χ0) is 24.4. The molecule has 3 aromatic heterocycles. The third-order valence-corrected chi connectivity index (χ3v) is 5.57. The van der Waals surface area contributed by atoms with Crippen molar-refractivity contribution in [2.45, 2.75) is 6.42 Å². The van der Waals surface area contributed by atoms with Gasteiger partial charge in [0.2, 0.25) is 10.7 Å². The molecule has 7 N–H and O–H groups in total. The molecule has 0 aliphatic rings. The Kier molecular flexibility index (Phi) is 10.9. The molecule has 0 saturated heterocycles. The minimum atomic E-state index is -0.0338. The molecule has 1 aromatic carbocycles. The van der Waals surface area contributed by atoms with E-state index in [1.54, 1.807) is 11.7 Å². The van der Waals surface area contributed by atoms with Gasteiger partial charge in [-0.05, 0) is 91.0 Å². The molecular weight excluding hydrogens is 561 g/mol. The van der Waals surface area contributed by atoms with Crippen molar-refractivity contribution in [1.82, 2.24) is 50.7 Å². The lowest BCUT2D eigenvalue weighted by Gasteiger charge is -2.04. The van der Waals surface area contributed by atoms with E-state index in [2.05, 4.69) is 46.0 Å². The first kappa shape index (κ1) is 26.9. The van der Waals surface area contributed by atoms with E-state index in [0.717, 1.165) is 11.3 Å². The number of H-pyrrole nitrogens is 6. The Hall–Kier alpha value is -2.35. The number of hydrogen-bond acceptors (Lipinski definition) is 10. The second kappa shape index (κ2) is 13.4. The molecule has 0 radical (unpaired) electrons. The fourth-order valence-electron chi connectivity index (χ4n) is 2.09. The molecule has 0 bridgehead atoms. The predicted octanol–water partition coefficient (Wildman–Crippen LogP) is 4.34. The summed E-state index contributed by atoms with van der Waals surface area (Å²) in [6.45, 7) is 0. The highest BCUT2D eigenvalue weighted by atomic mass is 32.2. The maximum Gasteiger partial charge on any atom is 0.242 e. The number of likely N-dealkylation sites (N-methyl/N-ethyl adjacent to an activating group) is 1. The minimum absolute atomic E-state index is 0.0338. The molecule has 0 atom stereocenters. The Labute approximate surface area is 220 Å². The molecule has 1 amide bonds. The van der Waals surface area contributed by atoms with Crippen LogP contribution in [-0.2, 0) is 11.2 Å². The van der Waals surface area contributed by atoms with Crippen molar-refractivity contribution in [3.8, 4) is 5.69 Å². The van der Waals surface area contributed by atoms with Crippen LogP contribution in [0, 0.1) is 27.0 Å². The SMILES string of the molecule is CNC(=O)Cc1cccc(-n2[nH]nnc2=S)c1.S=c1[nH][nH]c(=S)s1.S=c1[nH]c(=S)[nH]c(=S)[nH]1. The highest BCUT2D eigenvalue weighted by Crippen LogP contribution is 2.10. The van der Waals surface area contributed by atoms with Gasteiger partial charge in [-0.3, -0.25) is 15.0 Å². The van der Waals surface area contributed by atoms with Crippen LogP contribution < -0.4 is 5.32 Å². The second-order valence-electron chi connectivity index (χ2n) is 5.73. The molecule has 11 nitrogen and oxygen atoms in total. The van der Waals surface area contributed by atoms with Crippen molar-refractivity contribution in [3.63, 3.8) is 0 Å². The number of aromatic nitrogens is 9. The van der Waals surface area contributed by atoms with E-state index in [0.29, 0.717) is 33.4 Å². The van der Waals surface area contributed by atoms with Crippen molar-refractivity contribution < 1.29 is 4.79 Å². The van der Waals surface area contributed by atoms with Crippen LogP contribution in [0.25, 0.3) is 5.69 Å². The fourth-order valence-corrected chi connectivity index (χ4v) is 4.21. The maximum absolute atomic E-state index is 11.3. The largest absolute Gasteiger partial charge is 0.359 e. The van der Waals surface area contributed by atoms with Crippen LogP contribution >= 0.6 is 84.6 Å². The average molecular weight is 577 g/mol.